The van der Waals surface area contributed by atoms with E-state index in [-0.39, 0.29) is 5.91 Å². The number of carbonyl (C=O) groups excluding carboxylic acids is 1. The maximum Gasteiger partial charge on any atom is 0.267 e. The lowest BCUT2D eigenvalue weighted by molar-refractivity contribution is -0.122. The Labute approximate surface area is 173 Å². The van der Waals surface area contributed by atoms with Gasteiger partial charge in [-0.1, -0.05) is 48.0 Å². The second-order valence-electron chi connectivity index (χ2n) is 6.73. The Morgan fingerprint density at radius 3 is 2.54 bits per heavy atom. The Balaban J connectivity index is 1.69. The lowest BCUT2D eigenvalue weighted by Gasteiger charge is -2.14. The quantitative estimate of drug-likeness (QED) is 0.487. The van der Waals surface area contributed by atoms with Crippen LogP contribution in [0.4, 0.5) is 5.69 Å². The van der Waals surface area contributed by atoms with Crippen LogP contribution in [0, 0.1) is 13.8 Å². The van der Waals surface area contributed by atoms with Gasteiger partial charge in [-0.15, -0.1) is 11.3 Å². The van der Waals surface area contributed by atoms with Crippen LogP contribution >= 0.6 is 23.1 Å². The molecule has 1 saturated heterocycles. The Hall–Kier alpha value is -2.63. The third-order valence-corrected chi connectivity index (χ3v) is 6.25. The van der Waals surface area contributed by atoms with E-state index in [1.54, 1.807) is 16.2 Å². The molecule has 1 fully saturated rings. The summed E-state index contributed by atoms with van der Waals surface area (Å²) in [5.74, 6) is 0.00498. The first-order chi connectivity index (χ1) is 13.6. The maximum atomic E-state index is 13.1. The van der Waals surface area contributed by atoms with Gasteiger partial charge in [0.2, 0.25) is 0 Å². The first kappa shape index (κ1) is 18.7. The van der Waals surface area contributed by atoms with Crippen LogP contribution in [-0.4, -0.2) is 16.0 Å². The number of hydrogen-bond acceptors (Lipinski definition) is 4. The monoisotopic (exact) mass is 404 g/mol. The van der Waals surface area contributed by atoms with E-state index in [4.69, 9.17) is 4.99 Å². The molecule has 0 spiro atoms. The van der Waals surface area contributed by atoms with Crippen LogP contribution in [0.5, 0.6) is 0 Å². The predicted octanol–water partition coefficient (Wildman–Crippen LogP) is 6.17. The highest BCUT2D eigenvalue weighted by atomic mass is 32.2. The number of aryl methyl sites for hydroxylation is 2. The average Bonchev–Trinajstić information content (AvgIpc) is 3.28. The number of hydrogen-bond donors (Lipinski definition) is 0. The standard InChI is InChI=1S/C23H20N2OS2/c1-16-8-10-18(11-9-16)14-21-22(26)25(15-20-7-4-12-27-20)23(28-21)24-19-6-3-5-17(2)13-19/h3-14H,15H2,1-2H3/b21-14-,24-23?. The normalized spacial score (nSPS) is 17.1. The minimum absolute atomic E-state index is 0.00498. The Bertz CT molecular complexity index is 1050. The first-order valence-electron chi connectivity index (χ1n) is 9.04. The van der Waals surface area contributed by atoms with E-state index in [2.05, 4.69) is 25.1 Å². The summed E-state index contributed by atoms with van der Waals surface area (Å²) in [6, 6.07) is 20.3. The van der Waals surface area contributed by atoms with Crippen molar-refractivity contribution in [1.29, 1.82) is 0 Å². The summed E-state index contributed by atoms with van der Waals surface area (Å²) < 4.78 is 0. The molecule has 5 heteroatoms. The number of thiophene rings is 1. The zero-order valence-corrected chi connectivity index (χ0v) is 17.4. The third-order valence-electron chi connectivity index (χ3n) is 4.38. The minimum atomic E-state index is 0.00498. The molecule has 0 N–H and O–H groups in total. The molecule has 140 valence electrons. The van der Waals surface area contributed by atoms with Gasteiger partial charge in [0, 0.05) is 4.88 Å². The summed E-state index contributed by atoms with van der Waals surface area (Å²) in [4.78, 5) is 21.5. The second-order valence-corrected chi connectivity index (χ2v) is 8.77. The lowest BCUT2D eigenvalue weighted by atomic mass is 10.1. The van der Waals surface area contributed by atoms with Crippen molar-refractivity contribution in [2.24, 2.45) is 4.99 Å². The molecule has 1 aliphatic heterocycles. The van der Waals surface area contributed by atoms with Gasteiger partial charge < -0.3 is 0 Å². The first-order valence-corrected chi connectivity index (χ1v) is 10.7. The highest BCUT2D eigenvalue weighted by molar-refractivity contribution is 8.18. The molecular formula is C23H20N2OS2. The molecule has 0 radical (unpaired) electrons. The molecule has 3 aromatic rings. The molecular weight excluding hydrogens is 384 g/mol. The number of carbonyl (C=O) groups is 1. The van der Waals surface area contributed by atoms with E-state index in [1.807, 2.05) is 60.8 Å². The summed E-state index contributed by atoms with van der Waals surface area (Å²) in [5.41, 5.74) is 4.24. The SMILES string of the molecule is Cc1ccc(/C=C2\SC(=Nc3cccc(C)c3)N(Cc3cccs3)C2=O)cc1. The van der Waals surface area contributed by atoms with E-state index in [1.165, 1.54) is 17.3 Å². The van der Waals surface area contributed by atoms with E-state index >= 15 is 0 Å². The fourth-order valence-corrected chi connectivity index (χ4v) is 4.60. The van der Waals surface area contributed by atoms with Crippen molar-refractivity contribution in [2.75, 3.05) is 0 Å². The number of benzene rings is 2. The van der Waals surface area contributed by atoms with Gasteiger partial charge in [0.05, 0.1) is 17.1 Å². The van der Waals surface area contributed by atoms with Crippen molar-refractivity contribution in [1.82, 2.24) is 4.90 Å². The van der Waals surface area contributed by atoms with E-state index in [0.29, 0.717) is 11.4 Å². The highest BCUT2D eigenvalue weighted by Gasteiger charge is 2.33. The highest BCUT2D eigenvalue weighted by Crippen LogP contribution is 2.35. The van der Waals surface area contributed by atoms with Crippen LogP contribution in [0.3, 0.4) is 0 Å². The van der Waals surface area contributed by atoms with Gasteiger partial charge in [-0.2, -0.15) is 0 Å². The summed E-state index contributed by atoms with van der Waals surface area (Å²) in [7, 11) is 0. The van der Waals surface area contributed by atoms with Gasteiger partial charge in [-0.3, -0.25) is 9.69 Å². The number of thioether (sulfide) groups is 1. The Kier molecular flexibility index (Phi) is 5.46. The van der Waals surface area contributed by atoms with Gasteiger partial charge in [-0.05, 0) is 66.4 Å². The van der Waals surface area contributed by atoms with Gasteiger partial charge in [0.1, 0.15) is 0 Å². The molecule has 1 aromatic heterocycles. The van der Waals surface area contributed by atoms with Gasteiger partial charge in [0.15, 0.2) is 5.17 Å². The van der Waals surface area contributed by atoms with E-state index < -0.39 is 0 Å². The van der Waals surface area contributed by atoms with Gasteiger partial charge in [-0.25, -0.2) is 4.99 Å². The zero-order chi connectivity index (χ0) is 19.5. The van der Waals surface area contributed by atoms with E-state index in [0.717, 1.165) is 26.9 Å². The minimum Gasteiger partial charge on any atom is -0.281 e. The van der Waals surface area contributed by atoms with Crippen molar-refractivity contribution in [2.45, 2.75) is 20.4 Å². The molecule has 0 unspecified atom stereocenters. The van der Waals surface area contributed by atoms with Crippen molar-refractivity contribution in [3.05, 3.63) is 92.5 Å². The van der Waals surface area contributed by atoms with Crippen LogP contribution in [-0.2, 0) is 11.3 Å². The number of amidine groups is 1. The topological polar surface area (TPSA) is 32.7 Å². The fourth-order valence-electron chi connectivity index (χ4n) is 2.91. The van der Waals surface area contributed by atoms with Crippen molar-refractivity contribution in [3.8, 4) is 0 Å². The number of aliphatic imine (C=N–C) groups is 1. The molecule has 0 atom stereocenters. The molecule has 4 rings (SSSR count). The van der Waals surface area contributed by atoms with Crippen LogP contribution < -0.4 is 0 Å². The molecule has 0 aliphatic carbocycles. The predicted molar refractivity (Wildman–Crippen MR) is 120 cm³/mol. The molecule has 1 amide bonds. The van der Waals surface area contributed by atoms with Gasteiger partial charge in [0.25, 0.3) is 5.91 Å². The van der Waals surface area contributed by atoms with Crippen LogP contribution in [0.25, 0.3) is 6.08 Å². The molecule has 2 heterocycles. The summed E-state index contributed by atoms with van der Waals surface area (Å²) in [5, 5.41) is 2.76. The lowest BCUT2D eigenvalue weighted by Crippen LogP contribution is -2.28. The third kappa shape index (κ3) is 4.26. The molecule has 1 aliphatic rings. The van der Waals surface area contributed by atoms with Gasteiger partial charge >= 0.3 is 0 Å². The Morgan fingerprint density at radius 1 is 1.00 bits per heavy atom. The largest absolute Gasteiger partial charge is 0.281 e. The molecule has 0 bridgehead atoms. The fraction of sp³-hybridized carbons (Fsp3) is 0.130. The summed E-state index contributed by atoms with van der Waals surface area (Å²) in [6.07, 6.45) is 1.95. The Morgan fingerprint density at radius 2 is 1.82 bits per heavy atom. The van der Waals surface area contributed by atoms with E-state index in [9.17, 15) is 4.79 Å². The van der Waals surface area contributed by atoms with Crippen LogP contribution in [0.15, 0.2) is 75.9 Å². The van der Waals surface area contributed by atoms with Crippen molar-refractivity contribution < 1.29 is 4.79 Å². The molecule has 0 saturated carbocycles. The zero-order valence-electron chi connectivity index (χ0n) is 15.8. The smallest absolute Gasteiger partial charge is 0.267 e. The second kappa shape index (κ2) is 8.17. The molecule has 28 heavy (non-hydrogen) atoms. The number of amides is 1. The van der Waals surface area contributed by atoms with Crippen LogP contribution in [0.2, 0.25) is 0 Å². The average molecular weight is 405 g/mol. The number of nitrogens with zero attached hydrogens (tertiary/aromatic N) is 2. The number of rotatable bonds is 4. The molecule has 3 nitrogen and oxygen atoms in total. The van der Waals surface area contributed by atoms with Crippen molar-refractivity contribution in [3.63, 3.8) is 0 Å². The van der Waals surface area contributed by atoms with Crippen molar-refractivity contribution >= 4 is 45.9 Å². The van der Waals surface area contributed by atoms with Crippen LogP contribution in [0.1, 0.15) is 21.6 Å². The molecule has 2 aromatic carbocycles. The maximum absolute atomic E-state index is 13.1. The summed E-state index contributed by atoms with van der Waals surface area (Å²) >= 11 is 3.09. The summed E-state index contributed by atoms with van der Waals surface area (Å²) in [6.45, 7) is 4.64.